The third kappa shape index (κ3) is 5.68. The number of hydrogen-bond donors (Lipinski definition) is 0. The van der Waals surface area contributed by atoms with Crippen LogP contribution in [-0.2, 0) is 27.2 Å². The minimum Gasteiger partial charge on any atom is -0.496 e. The van der Waals surface area contributed by atoms with Crippen LogP contribution in [0.4, 0.5) is 0 Å². The van der Waals surface area contributed by atoms with E-state index in [0.717, 1.165) is 17.5 Å². The summed E-state index contributed by atoms with van der Waals surface area (Å²) in [6.45, 7) is 5.95. The highest BCUT2D eigenvalue weighted by Crippen LogP contribution is 2.29. The van der Waals surface area contributed by atoms with Crippen molar-refractivity contribution in [1.82, 2.24) is 0 Å². The summed E-state index contributed by atoms with van der Waals surface area (Å²) < 4.78 is 10.4. The topological polar surface area (TPSA) is 52.6 Å². The lowest BCUT2D eigenvalue weighted by Crippen LogP contribution is -2.14. The van der Waals surface area contributed by atoms with Gasteiger partial charge >= 0.3 is 5.97 Å². The minimum atomic E-state index is -0.425. The van der Waals surface area contributed by atoms with Gasteiger partial charge in [0.25, 0.3) is 0 Å². The zero-order chi connectivity index (χ0) is 18.1. The number of rotatable bonds is 9. The summed E-state index contributed by atoms with van der Waals surface area (Å²) in [5.74, 6) is 0.120. The van der Waals surface area contributed by atoms with Gasteiger partial charge in [-0.15, -0.1) is 0 Å². The van der Waals surface area contributed by atoms with Crippen LogP contribution in [0.3, 0.4) is 0 Å². The van der Waals surface area contributed by atoms with E-state index in [1.165, 1.54) is 0 Å². The summed E-state index contributed by atoms with van der Waals surface area (Å²) >= 11 is 6.08. The predicted octanol–water partition coefficient (Wildman–Crippen LogP) is 4.31. The molecule has 24 heavy (non-hydrogen) atoms. The lowest BCUT2D eigenvalue weighted by Gasteiger charge is -2.14. The molecular weight excluding hydrogens is 328 g/mol. The van der Waals surface area contributed by atoms with Gasteiger partial charge in [0.1, 0.15) is 11.5 Å². The van der Waals surface area contributed by atoms with E-state index in [9.17, 15) is 9.59 Å². The summed E-state index contributed by atoms with van der Waals surface area (Å²) in [6.07, 6.45) is 3.42. The number of benzene rings is 1. The maximum Gasteiger partial charge on any atom is 0.334 e. The van der Waals surface area contributed by atoms with Gasteiger partial charge in [-0.2, -0.15) is 0 Å². The molecule has 0 bridgehead atoms. The van der Waals surface area contributed by atoms with Gasteiger partial charge in [0.2, 0.25) is 0 Å². The molecule has 0 unspecified atom stereocenters. The molecule has 0 heterocycles. The number of hydrogen-bond acceptors (Lipinski definition) is 4. The van der Waals surface area contributed by atoms with Gasteiger partial charge in [-0.25, -0.2) is 4.79 Å². The summed E-state index contributed by atoms with van der Waals surface area (Å²) in [7, 11) is 1.56. The van der Waals surface area contributed by atoms with Crippen LogP contribution in [0.15, 0.2) is 23.8 Å². The van der Waals surface area contributed by atoms with E-state index < -0.39 is 5.97 Å². The van der Waals surface area contributed by atoms with E-state index in [4.69, 9.17) is 21.1 Å². The molecule has 1 aromatic rings. The van der Waals surface area contributed by atoms with Crippen molar-refractivity contribution in [3.8, 4) is 5.75 Å². The first-order valence-electron chi connectivity index (χ1n) is 8.19. The molecule has 0 aliphatic heterocycles. The van der Waals surface area contributed by atoms with E-state index in [0.29, 0.717) is 29.4 Å². The van der Waals surface area contributed by atoms with Crippen molar-refractivity contribution in [1.29, 1.82) is 0 Å². The first-order chi connectivity index (χ1) is 11.5. The number of allylic oxidation sites excluding steroid dienone is 1. The molecular formula is C19H25ClO4. The fourth-order valence-corrected chi connectivity index (χ4v) is 2.76. The fraction of sp³-hybridized carbons (Fsp3) is 0.474. The second kappa shape index (κ2) is 10.1. The Morgan fingerprint density at radius 3 is 2.46 bits per heavy atom. The molecule has 0 atom stereocenters. The first kappa shape index (κ1) is 20.2. The van der Waals surface area contributed by atoms with Crippen molar-refractivity contribution in [2.45, 2.75) is 46.5 Å². The maximum absolute atomic E-state index is 12.5. The second-order valence-corrected chi connectivity index (χ2v) is 5.79. The number of carbonyl (C=O) groups is 2. The summed E-state index contributed by atoms with van der Waals surface area (Å²) in [5.41, 5.74) is 2.22. The van der Waals surface area contributed by atoms with Gasteiger partial charge in [-0.1, -0.05) is 31.5 Å². The Bertz CT molecular complexity index is 595. The molecule has 0 saturated heterocycles. The van der Waals surface area contributed by atoms with Crippen molar-refractivity contribution in [3.63, 3.8) is 0 Å². The van der Waals surface area contributed by atoms with Gasteiger partial charge in [-0.05, 0) is 37.5 Å². The fourth-order valence-electron chi connectivity index (χ4n) is 2.53. The number of methoxy groups -OCH3 is 1. The summed E-state index contributed by atoms with van der Waals surface area (Å²) in [5, 5.41) is 0.581. The van der Waals surface area contributed by atoms with Crippen LogP contribution in [0.2, 0.25) is 5.02 Å². The molecule has 1 aromatic carbocycles. The Balaban J connectivity index is 2.98. The van der Waals surface area contributed by atoms with E-state index in [2.05, 4.69) is 0 Å². The Kier molecular flexibility index (Phi) is 8.55. The maximum atomic E-state index is 12.5. The van der Waals surface area contributed by atoms with E-state index in [-0.39, 0.29) is 18.6 Å². The highest BCUT2D eigenvalue weighted by molar-refractivity contribution is 6.30. The predicted molar refractivity (Wildman–Crippen MR) is 95.7 cm³/mol. The van der Waals surface area contributed by atoms with E-state index >= 15 is 0 Å². The zero-order valence-corrected chi connectivity index (χ0v) is 15.5. The van der Waals surface area contributed by atoms with Crippen LogP contribution in [0.5, 0.6) is 5.75 Å². The zero-order valence-electron chi connectivity index (χ0n) is 14.8. The standard InChI is InChI=1S/C19H25ClO4/c1-5-8-14(19(22)24-7-3)10-16(21)12-17-13(6-2)9-15(20)11-18(17)23-4/h8-9,11H,5-7,10,12H2,1-4H3/b14-8-. The smallest absolute Gasteiger partial charge is 0.334 e. The van der Waals surface area contributed by atoms with Crippen molar-refractivity contribution < 1.29 is 19.1 Å². The van der Waals surface area contributed by atoms with Gasteiger partial charge in [-0.3, -0.25) is 4.79 Å². The number of aryl methyl sites for hydroxylation is 1. The third-order valence-corrected chi connectivity index (χ3v) is 3.83. The molecule has 5 heteroatoms. The molecule has 0 aliphatic carbocycles. The first-order valence-corrected chi connectivity index (χ1v) is 8.57. The summed E-state index contributed by atoms with van der Waals surface area (Å²) in [6, 6.07) is 3.55. The molecule has 0 aromatic heterocycles. The minimum absolute atomic E-state index is 0.0572. The Morgan fingerprint density at radius 2 is 1.92 bits per heavy atom. The average Bonchev–Trinajstić information content (AvgIpc) is 2.55. The van der Waals surface area contributed by atoms with Gasteiger partial charge in [0, 0.05) is 29.0 Å². The highest BCUT2D eigenvalue weighted by Gasteiger charge is 2.18. The Labute approximate surface area is 148 Å². The molecule has 0 aliphatic rings. The Morgan fingerprint density at radius 1 is 1.21 bits per heavy atom. The SMILES string of the molecule is CC/C=C(/CC(=O)Cc1c(CC)cc(Cl)cc1OC)C(=O)OCC. The highest BCUT2D eigenvalue weighted by atomic mass is 35.5. The molecule has 0 radical (unpaired) electrons. The van der Waals surface area contributed by atoms with Crippen molar-refractivity contribution in [3.05, 3.63) is 39.9 Å². The average molecular weight is 353 g/mol. The number of carbonyl (C=O) groups excluding carboxylic acids is 2. The number of ketones is 1. The molecule has 0 fully saturated rings. The van der Waals surface area contributed by atoms with Gasteiger partial charge < -0.3 is 9.47 Å². The lowest BCUT2D eigenvalue weighted by molar-refractivity contribution is -0.139. The molecule has 4 nitrogen and oxygen atoms in total. The van der Waals surface area contributed by atoms with Crippen molar-refractivity contribution in [2.24, 2.45) is 0 Å². The molecule has 132 valence electrons. The van der Waals surface area contributed by atoms with E-state index in [1.807, 2.05) is 19.9 Å². The van der Waals surface area contributed by atoms with Crippen LogP contribution < -0.4 is 4.74 Å². The molecule has 0 saturated carbocycles. The third-order valence-electron chi connectivity index (χ3n) is 3.62. The van der Waals surface area contributed by atoms with Crippen LogP contribution in [0.25, 0.3) is 0 Å². The van der Waals surface area contributed by atoms with Crippen LogP contribution in [-0.4, -0.2) is 25.5 Å². The molecule has 1 rings (SSSR count). The van der Waals surface area contributed by atoms with Gasteiger partial charge in [0.15, 0.2) is 0 Å². The largest absolute Gasteiger partial charge is 0.496 e. The number of esters is 1. The number of Topliss-reactive ketones (excluding diaryl/α,β-unsaturated/α-hetero) is 1. The van der Waals surface area contributed by atoms with Crippen LogP contribution >= 0.6 is 11.6 Å². The van der Waals surface area contributed by atoms with Crippen molar-refractivity contribution >= 4 is 23.4 Å². The lowest BCUT2D eigenvalue weighted by atomic mass is 9.96. The normalized spacial score (nSPS) is 11.3. The van der Waals surface area contributed by atoms with Crippen molar-refractivity contribution in [2.75, 3.05) is 13.7 Å². The van der Waals surface area contributed by atoms with Gasteiger partial charge in [0.05, 0.1) is 13.7 Å². The number of halogens is 1. The molecule has 0 spiro atoms. The Hall–Kier alpha value is -1.81. The summed E-state index contributed by atoms with van der Waals surface area (Å²) in [4.78, 5) is 24.4. The monoisotopic (exact) mass is 352 g/mol. The quantitative estimate of drug-likeness (QED) is 0.491. The number of ether oxygens (including phenoxy) is 2. The molecule has 0 N–H and O–H groups in total. The van der Waals surface area contributed by atoms with E-state index in [1.54, 1.807) is 26.2 Å². The van der Waals surface area contributed by atoms with Crippen LogP contribution in [0, 0.1) is 0 Å². The van der Waals surface area contributed by atoms with Crippen LogP contribution in [0.1, 0.15) is 44.7 Å². The molecule has 0 amide bonds. The second-order valence-electron chi connectivity index (χ2n) is 5.35.